The Labute approximate surface area is 88.1 Å². The van der Waals surface area contributed by atoms with Crippen LogP contribution < -0.4 is 0 Å². The summed E-state index contributed by atoms with van der Waals surface area (Å²) >= 11 is 5.44. The maximum Gasteiger partial charge on any atom is 0.0529 e. The molecule has 0 aliphatic rings. The average Bonchev–Trinajstić information content (AvgIpc) is 2.79. The van der Waals surface area contributed by atoms with Gasteiger partial charge in [0.25, 0.3) is 0 Å². The molecule has 0 fully saturated rings. The molecule has 0 nitrogen and oxygen atoms in total. The summed E-state index contributed by atoms with van der Waals surface area (Å²) < 4.78 is 1.43. The summed E-state index contributed by atoms with van der Waals surface area (Å²) in [5, 5.41) is 10.1. The highest BCUT2D eigenvalue weighted by atomic mass is 32.1. The Balaban J connectivity index is 2.33. The third-order valence-electron chi connectivity index (χ3n) is 1.99. The molecule has 0 unspecified atom stereocenters. The zero-order valence-corrected chi connectivity index (χ0v) is 9.14. The van der Waals surface area contributed by atoms with Gasteiger partial charge in [-0.25, -0.2) is 0 Å². The van der Waals surface area contributed by atoms with E-state index in [0.29, 0.717) is 0 Å². The van der Waals surface area contributed by atoms with Crippen molar-refractivity contribution in [2.24, 2.45) is 0 Å². The van der Waals surface area contributed by atoms with Gasteiger partial charge in [0.05, 0.1) is 9.58 Å². The normalized spacial score (nSPS) is 11.1. The molecular formula is C10H6S3. The van der Waals surface area contributed by atoms with Gasteiger partial charge in [0.15, 0.2) is 0 Å². The van der Waals surface area contributed by atoms with Crippen molar-refractivity contribution in [2.75, 3.05) is 0 Å². The van der Waals surface area contributed by atoms with Gasteiger partial charge in [0.2, 0.25) is 0 Å². The van der Waals surface area contributed by atoms with Gasteiger partial charge < -0.3 is 0 Å². The highest BCUT2D eigenvalue weighted by Gasteiger charge is 2.07. The molecule has 0 saturated carbocycles. The van der Waals surface area contributed by atoms with Gasteiger partial charge in [-0.15, -0.1) is 22.7 Å². The van der Waals surface area contributed by atoms with Crippen LogP contribution in [0.3, 0.4) is 0 Å². The van der Waals surface area contributed by atoms with E-state index in [1.54, 1.807) is 11.3 Å². The van der Waals surface area contributed by atoms with Crippen molar-refractivity contribution in [3.05, 3.63) is 33.7 Å². The van der Waals surface area contributed by atoms with Crippen LogP contribution in [0.5, 0.6) is 0 Å². The maximum atomic E-state index is 2.23. The van der Waals surface area contributed by atoms with Crippen LogP contribution in [-0.4, -0.2) is 0 Å². The van der Waals surface area contributed by atoms with E-state index in [0.717, 1.165) is 0 Å². The molecule has 0 atom stereocenters. The van der Waals surface area contributed by atoms with Gasteiger partial charge in [0.1, 0.15) is 0 Å². The minimum Gasteiger partial charge on any atom is -0.152 e. The van der Waals surface area contributed by atoms with E-state index >= 15 is 0 Å². The smallest absolute Gasteiger partial charge is 0.0529 e. The van der Waals surface area contributed by atoms with Gasteiger partial charge in [-0.2, -0.15) is 11.3 Å². The summed E-state index contributed by atoms with van der Waals surface area (Å²) in [6, 6.07) is 4.38. The molecule has 3 rings (SSSR count). The molecule has 0 N–H and O–H groups in total. The van der Waals surface area contributed by atoms with E-state index < -0.39 is 0 Å². The van der Waals surface area contributed by atoms with Crippen LogP contribution in [-0.2, 0) is 0 Å². The minimum atomic E-state index is 1.37. The third kappa shape index (κ3) is 1.15. The van der Waals surface area contributed by atoms with E-state index in [1.165, 1.54) is 20.5 Å². The number of rotatable bonds is 1. The minimum absolute atomic E-state index is 1.37. The largest absolute Gasteiger partial charge is 0.152 e. The first kappa shape index (κ1) is 7.74. The molecule has 64 valence electrons. The SMILES string of the molecule is c1cc(-c2scc3ccsc23)cs1. The molecule has 0 amide bonds. The van der Waals surface area contributed by atoms with Crippen molar-refractivity contribution in [2.45, 2.75) is 0 Å². The van der Waals surface area contributed by atoms with E-state index in [1.807, 2.05) is 22.7 Å². The molecule has 3 heterocycles. The lowest BCUT2D eigenvalue weighted by molar-refractivity contribution is 1.97. The summed E-state index contributed by atoms with van der Waals surface area (Å²) in [7, 11) is 0. The molecular weight excluding hydrogens is 216 g/mol. The summed E-state index contributed by atoms with van der Waals surface area (Å²) in [5.41, 5.74) is 1.37. The van der Waals surface area contributed by atoms with Crippen LogP contribution in [0, 0.1) is 0 Å². The van der Waals surface area contributed by atoms with E-state index in [4.69, 9.17) is 0 Å². The van der Waals surface area contributed by atoms with Gasteiger partial charge in [-0.1, -0.05) is 0 Å². The Hall–Kier alpha value is -0.640. The van der Waals surface area contributed by atoms with Crippen LogP contribution in [0.4, 0.5) is 0 Å². The van der Waals surface area contributed by atoms with Crippen molar-refractivity contribution in [3.8, 4) is 10.4 Å². The Morgan fingerprint density at radius 1 is 0.923 bits per heavy atom. The molecule has 0 spiro atoms. The lowest BCUT2D eigenvalue weighted by atomic mass is 10.2. The fourth-order valence-electron chi connectivity index (χ4n) is 1.37. The standard InChI is InChI=1S/C10H6S3/c1-3-11-5-7(1)10-9-8(6-13-10)2-4-12-9/h1-6H. The van der Waals surface area contributed by atoms with Gasteiger partial charge in [-0.3, -0.25) is 0 Å². The third-order valence-corrected chi connectivity index (χ3v) is 4.80. The molecule has 3 heteroatoms. The lowest BCUT2D eigenvalue weighted by Gasteiger charge is -1.89. The zero-order chi connectivity index (χ0) is 8.67. The van der Waals surface area contributed by atoms with Crippen LogP contribution >= 0.6 is 34.0 Å². The molecule has 0 aliphatic heterocycles. The quantitative estimate of drug-likeness (QED) is 0.560. The summed E-state index contributed by atoms with van der Waals surface area (Å²) in [6.45, 7) is 0. The molecule has 3 aromatic rings. The summed E-state index contributed by atoms with van der Waals surface area (Å²) in [6.07, 6.45) is 0. The number of hydrogen-bond donors (Lipinski definition) is 0. The maximum absolute atomic E-state index is 2.23. The number of thiophene rings is 3. The molecule has 0 bridgehead atoms. The van der Waals surface area contributed by atoms with Crippen LogP contribution in [0.2, 0.25) is 0 Å². The second-order valence-corrected chi connectivity index (χ2v) is 5.36. The topological polar surface area (TPSA) is 0 Å². The Kier molecular flexibility index (Phi) is 1.75. The average molecular weight is 222 g/mol. The van der Waals surface area contributed by atoms with Gasteiger partial charge in [-0.05, 0) is 28.3 Å². The lowest BCUT2D eigenvalue weighted by Crippen LogP contribution is -1.60. The highest BCUT2D eigenvalue weighted by molar-refractivity contribution is 7.25. The monoisotopic (exact) mass is 222 g/mol. The molecule has 13 heavy (non-hydrogen) atoms. The van der Waals surface area contributed by atoms with Crippen molar-refractivity contribution in [1.29, 1.82) is 0 Å². The predicted molar refractivity (Wildman–Crippen MR) is 63.0 cm³/mol. The number of hydrogen-bond acceptors (Lipinski definition) is 3. The summed E-state index contributed by atoms with van der Waals surface area (Å²) in [4.78, 5) is 1.42. The second kappa shape index (κ2) is 2.94. The fourth-order valence-corrected chi connectivity index (χ4v) is 4.22. The first-order chi connectivity index (χ1) is 6.45. The molecule has 0 aliphatic carbocycles. The Bertz CT molecular complexity index is 513. The van der Waals surface area contributed by atoms with Gasteiger partial charge in [0, 0.05) is 16.3 Å². The molecule has 0 saturated heterocycles. The van der Waals surface area contributed by atoms with E-state index in [9.17, 15) is 0 Å². The summed E-state index contributed by atoms with van der Waals surface area (Å²) in [5.74, 6) is 0. The van der Waals surface area contributed by atoms with Crippen molar-refractivity contribution in [1.82, 2.24) is 0 Å². The fraction of sp³-hybridized carbons (Fsp3) is 0. The van der Waals surface area contributed by atoms with Crippen LogP contribution in [0.15, 0.2) is 33.7 Å². The van der Waals surface area contributed by atoms with Crippen molar-refractivity contribution in [3.63, 3.8) is 0 Å². The molecule has 0 aromatic carbocycles. The molecule has 0 radical (unpaired) electrons. The van der Waals surface area contributed by atoms with Crippen molar-refractivity contribution < 1.29 is 0 Å². The Morgan fingerprint density at radius 3 is 2.77 bits per heavy atom. The number of fused-ring (bicyclic) bond motifs is 1. The zero-order valence-electron chi connectivity index (χ0n) is 6.69. The molecule has 3 aromatic heterocycles. The Morgan fingerprint density at radius 2 is 1.92 bits per heavy atom. The van der Waals surface area contributed by atoms with E-state index in [2.05, 4.69) is 33.7 Å². The van der Waals surface area contributed by atoms with Crippen LogP contribution in [0.1, 0.15) is 0 Å². The first-order valence-electron chi connectivity index (χ1n) is 3.92. The van der Waals surface area contributed by atoms with Crippen molar-refractivity contribution >= 4 is 44.1 Å². The second-order valence-electron chi connectivity index (χ2n) is 2.78. The predicted octanol–water partition coefficient (Wildman–Crippen LogP) is 4.69. The van der Waals surface area contributed by atoms with Crippen LogP contribution in [0.25, 0.3) is 20.5 Å². The highest BCUT2D eigenvalue weighted by Crippen LogP contribution is 2.38. The van der Waals surface area contributed by atoms with E-state index in [-0.39, 0.29) is 0 Å². The van der Waals surface area contributed by atoms with Gasteiger partial charge >= 0.3 is 0 Å². The first-order valence-corrected chi connectivity index (χ1v) is 6.62.